The molecule has 2 N–H and O–H groups in total. The Labute approximate surface area is 133 Å². The predicted molar refractivity (Wildman–Crippen MR) is 82.8 cm³/mol. The number of piperidine rings is 1. The molecule has 1 amide bonds. The Morgan fingerprint density at radius 1 is 1.48 bits per heavy atom. The molecule has 0 saturated carbocycles. The first-order valence-electron chi connectivity index (χ1n) is 7.37. The van der Waals surface area contributed by atoms with Gasteiger partial charge in [-0.25, -0.2) is 4.79 Å². The van der Waals surface area contributed by atoms with Gasteiger partial charge in [0.2, 0.25) is 0 Å². The largest absolute Gasteiger partial charge is 0.452 e. The number of benzene rings is 1. The van der Waals surface area contributed by atoms with Gasteiger partial charge in [-0.2, -0.15) is 0 Å². The molecule has 1 heterocycles. The van der Waals surface area contributed by atoms with E-state index in [0.717, 1.165) is 18.9 Å². The molecule has 0 bridgehead atoms. The first kappa shape index (κ1) is 16.7. The minimum Gasteiger partial charge on any atom is -0.452 e. The van der Waals surface area contributed by atoms with Crippen molar-refractivity contribution in [2.45, 2.75) is 19.8 Å². The van der Waals surface area contributed by atoms with Crippen molar-refractivity contribution in [1.29, 1.82) is 0 Å². The number of carbonyl (C=O) groups excluding carboxylic acids is 2. The van der Waals surface area contributed by atoms with Gasteiger partial charge in [0.15, 0.2) is 6.61 Å². The number of ether oxygens (including phenoxy) is 1. The average Bonchev–Trinajstić information content (AvgIpc) is 2.52. The Bertz CT molecular complexity index is 632. The fourth-order valence-corrected chi connectivity index (χ4v) is 2.56. The van der Waals surface area contributed by atoms with E-state index < -0.39 is 10.9 Å². The number of rotatable bonds is 4. The number of amides is 1. The maximum atomic E-state index is 12.0. The maximum absolute atomic E-state index is 12.0. The number of hydrogen-bond acceptors (Lipinski definition) is 6. The molecule has 1 aliphatic rings. The van der Waals surface area contributed by atoms with Gasteiger partial charge >= 0.3 is 5.97 Å². The molecule has 0 aliphatic carbocycles. The monoisotopic (exact) mass is 321 g/mol. The van der Waals surface area contributed by atoms with Gasteiger partial charge in [0.1, 0.15) is 0 Å². The SMILES string of the molecule is C[C@@H]1CCCN(C(=O)COC(=O)c2ccc([N+](=O)[O-])cc2N)C1. The minimum absolute atomic E-state index is 0.00964. The van der Waals surface area contributed by atoms with E-state index in [-0.39, 0.29) is 29.5 Å². The molecule has 0 radical (unpaired) electrons. The highest BCUT2D eigenvalue weighted by atomic mass is 16.6. The summed E-state index contributed by atoms with van der Waals surface area (Å²) in [4.78, 5) is 35.7. The quantitative estimate of drug-likeness (QED) is 0.389. The van der Waals surface area contributed by atoms with Crippen molar-refractivity contribution in [3.8, 4) is 0 Å². The van der Waals surface area contributed by atoms with Crippen LogP contribution in [-0.2, 0) is 9.53 Å². The molecular formula is C15H19N3O5. The summed E-state index contributed by atoms with van der Waals surface area (Å²) in [6.45, 7) is 3.04. The van der Waals surface area contributed by atoms with Gasteiger partial charge in [-0.15, -0.1) is 0 Å². The van der Waals surface area contributed by atoms with Gasteiger partial charge < -0.3 is 15.4 Å². The van der Waals surface area contributed by atoms with Crippen LogP contribution in [0, 0.1) is 16.0 Å². The molecule has 2 rings (SSSR count). The summed E-state index contributed by atoms with van der Waals surface area (Å²) in [7, 11) is 0. The van der Waals surface area contributed by atoms with E-state index in [2.05, 4.69) is 6.92 Å². The summed E-state index contributed by atoms with van der Waals surface area (Å²) in [6.07, 6.45) is 2.03. The van der Waals surface area contributed by atoms with Crippen LogP contribution >= 0.6 is 0 Å². The third-order valence-electron chi connectivity index (χ3n) is 3.80. The number of nitro groups is 1. The first-order chi connectivity index (χ1) is 10.9. The van der Waals surface area contributed by atoms with Crippen LogP contribution in [0.3, 0.4) is 0 Å². The minimum atomic E-state index is -0.768. The second kappa shape index (κ2) is 7.08. The van der Waals surface area contributed by atoms with Crippen molar-refractivity contribution < 1.29 is 19.2 Å². The molecule has 1 aromatic carbocycles. The molecule has 0 aromatic heterocycles. The zero-order valence-corrected chi connectivity index (χ0v) is 12.9. The number of nitro benzene ring substituents is 1. The van der Waals surface area contributed by atoms with Crippen LogP contribution in [0.2, 0.25) is 0 Å². The van der Waals surface area contributed by atoms with Crippen molar-refractivity contribution in [2.75, 3.05) is 25.4 Å². The standard InChI is InChI=1S/C15H19N3O5/c1-10-3-2-6-17(8-10)14(19)9-23-15(20)12-5-4-11(18(21)22)7-13(12)16/h4-5,7,10H,2-3,6,8-9,16H2,1H3/t10-/m1/s1. The molecule has 1 saturated heterocycles. The van der Waals surface area contributed by atoms with E-state index in [1.165, 1.54) is 12.1 Å². The number of nitrogen functional groups attached to an aromatic ring is 1. The second-order valence-electron chi connectivity index (χ2n) is 5.69. The molecule has 0 unspecified atom stereocenters. The number of carbonyl (C=O) groups is 2. The summed E-state index contributed by atoms with van der Waals surface area (Å²) in [5, 5.41) is 10.6. The lowest BCUT2D eigenvalue weighted by Gasteiger charge is -2.30. The molecule has 124 valence electrons. The Kier molecular flexibility index (Phi) is 5.15. The number of nitrogens with zero attached hydrogens (tertiary/aromatic N) is 2. The van der Waals surface area contributed by atoms with E-state index in [1.807, 2.05) is 0 Å². The van der Waals surface area contributed by atoms with Crippen LogP contribution in [0.4, 0.5) is 11.4 Å². The van der Waals surface area contributed by atoms with E-state index in [9.17, 15) is 19.7 Å². The Hall–Kier alpha value is -2.64. The van der Waals surface area contributed by atoms with Crippen molar-refractivity contribution in [2.24, 2.45) is 5.92 Å². The highest BCUT2D eigenvalue weighted by molar-refractivity contribution is 5.96. The Morgan fingerprint density at radius 3 is 2.83 bits per heavy atom. The molecule has 1 aliphatic heterocycles. The average molecular weight is 321 g/mol. The molecule has 1 fully saturated rings. The molecule has 1 atom stereocenters. The van der Waals surface area contributed by atoms with Crippen molar-refractivity contribution in [3.05, 3.63) is 33.9 Å². The van der Waals surface area contributed by atoms with Crippen LogP contribution in [0.5, 0.6) is 0 Å². The van der Waals surface area contributed by atoms with Crippen molar-refractivity contribution in [1.82, 2.24) is 4.90 Å². The van der Waals surface area contributed by atoms with E-state index in [4.69, 9.17) is 10.5 Å². The molecule has 0 spiro atoms. The summed E-state index contributed by atoms with van der Waals surface area (Å²) < 4.78 is 4.98. The van der Waals surface area contributed by atoms with Crippen molar-refractivity contribution >= 4 is 23.3 Å². The first-order valence-corrected chi connectivity index (χ1v) is 7.37. The highest BCUT2D eigenvalue weighted by Crippen LogP contribution is 2.21. The lowest BCUT2D eigenvalue weighted by Crippen LogP contribution is -2.41. The normalized spacial score (nSPS) is 17.6. The van der Waals surface area contributed by atoms with Crippen LogP contribution in [0.1, 0.15) is 30.1 Å². The number of hydrogen-bond donors (Lipinski definition) is 1. The van der Waals surface area contributed by atoms with Gasteiger partial charge in [-0.05, 0) is 24.8 Å². The summed E-state index contributed by atoms with van der Waals surface area (Å²) in [5.74, 6) is -0.574. The van der Waals surface area contributed by atoms with E-state index in [0.29, 0.717) is 19.0 Å². The third-order valence-corrected chi connectivity index (χ3v) is 3.80. The second-order valence-corrected chi connectivity index (χ2v) is 5.69. The van der Waals surface area contributed by atoms with E-state index in [1.54, 1.807) is 4.90 Å². The number of nitrogens with two attached hydrogens (primary N) is 1. The van der Waals surface area contributed by atoms with E-state index >= 15 is 0 Å². The predicted octanol–water partition coefficient (Wildman–Crippen LogP) is 1.59. The number of anilines is 1. The van der Waals surface area contributed by atoms with Crippen molar-refractivity contribution in [3.63, 3.8) is 0 Å². The Balaban J connectivity index is 1.94. The topological polar surface area (TPSA) is 116 Å². The summed E-state index contributed by atoms with van der Waals surface area (Å²) >= 11 is 0. The fraction of sp³-hybridized carbons (Fsp3) is 0.467. The van der Waals surface area contributed by atoms with Gasteiger partial charge in [0.05, 0.1) is 16.2 Å². The summed E-state index contributed by atoms with van der Waals surface area (Å²) in [6, 6.07) is 3.48. The van der Waals surface area contributed by atoms with Gasteiger partial charge in [-0.1, -0.05) is 6.92 Å². The lowest BCUT2D eigenvalue weighted by molar-refractivity contribution is -0.384. The van der Waals surface area contributed by atoms with Crippen LogP contribution in [0.25, 0.3) is 0 Å². The number of likely N-dealkylation sites (tertiary alicyclic amines) is 1. The zero-order chi connectivity index (χ0) is 17.0. The van der Waals surface area contributed by atoms with Crippen LogP contribution < -0.4 is 5.73 Å². The number of non-ortho nitro benzene ring substituents is 1. The molecule has 1 aromatic rings. The Morgan fingerprint density at radius 2 is 2.22 bits per heavy atom. The highest BCUT2D eigenvalue weighted by Gasteiger charge is 2.23. The van der Waals surface area contributed by atoms with Gasteiger partial charge in [-0.3, -0.25) is 14.9 Å². The van der Waals surface area contributed by atoms with Gasteiger partial charge in [0.25, 0.3) is 11.6 Å². The number of esters is 1. The molecule has 23 heavy (non-hydrogen) atoms. The summed E-state index contributed by atoms with van der Waals surface area (Å²) in [5.41, 5.74) is 5.37. The van der Waals surface area contributed by atoms with Crippen LogP contribution in [0.15, 0.2) is 18.2 Å². The zero-order valence-electron chi connectivity index (χ0n) is 12.9. The lowest BCUT2D eigenvalue weighted by atomic mass is 10.0. The maximum Gasteiger partial charge on any atom is 0.340 e. The van der Waals surface area contributed by atoms with Gasteiger partial charge in [0, 0.05) is 25.2 Å². The molecular weight excluding hydrogens is 302 g/mol. The van der Waals surface area contributed by atoms with Crippen LogP contribution in [-0.4, -0.2) is 41.4 Å². The molecule has 8 nitrogen and oxygen atoms in total. The third kappa shape index (κ3) is 4.18. The molecule has 8 heteroatoms. The fourth-order valence-electron chi connectivity index (χ4n) is 2.56. The smallest absolute Gasteiger partial charge is 0.340 e.